The van der Waals surface area contributed by atoms with Gasteiger partial charge in [-0.2, -0.15) is 8.78 Å². The molecule has 11 heavy (non-hydrogen) atoms. The summed E-state index contributed by atoms with van der Waals surface area (Å²) in [6, 6.07) is 0. The second-order valence-corrected chi connectivity index (χ2v) is 2.46. The van der Waals surface area contributed by atoms with Crippen molar-refractivity contribution < 1.29 is 18.4 Å². The average Bonchev–Trinajstić information content (AvgIpc) is 1.85. The van der Waals surface area contributed by atoms with Gasteiger partial charge in [0, 0.05) is 6.42 Å². The van der Waals surface area contributed by atoms with Gasteiger partial charge in [-0.05, 0) is 11.6 Å². The largest absolute Gasteiger partial charge is 0.380 e. The maximum Gasteiger partial charge on any atom is 0.380 e. The Morgan fingerprint density at radius 1 is 1.45 bits per heavy atom. The molecule has 0 saturated carbocycles. The van der Waals surface area contributed by atoms with Crippen LogP contribution in [0.2, 0.25) is 0 Å². The van der Waals surface area contributed by atoms with Crippen LogP contribution in [0.5, 0.6) is 0 Å². The fourth-order valence-electron chi connectivity index (χ4n) is 0.404. The molecule has 0 saturated heterocycles. The van der Waals surface area contributed by atoms with Crippen molar-refractivity contribution in [2.24, 2.45) is 0 Å². The van der Waals surface area contributed by atoms with Gasteiger partial charge in [-0.15, -0.1) is 0 Å². The van der Waals surface area contributed by atoms with E-state index in [9.17, 15) is 18.4 Å². The molecule has 64 valence electrons. The first kappa shape index (κ1) is 10.5. The Morgan fingerprint density at radius 3 is 2.18 bits per heavy atom. The van der Waals surface area contributed by atoms with Crippen molar-refractivity contribution in [3.8, 4) is 0 Å². The molecule has 0 rings (SSSR count). The lowest BCUT2D eigenvalue weighted by Crippen LogP contribution is -2.23. The first-order chi connectivity index (χ1) is 4.88. The van der Waals surface area contributed by atoms with Crippen molar-refractivity contribution in [1.82, 2.24) is 0 Å². The third-order valence-corrected chi connectivity index (χ3v) is 1.28. The van der Waals surface area contributed by atoms with E-state index in [0.717, 1.165) is 0 Å². The van der Waals surface area contributed by atoms with Crippen LogP contribution in [0.4, 0.5) is 8.78 Å². The molecule has 0 fully saturated rings. The summed E-state index contributed by atoms with van der Waals surface area (Å²) in [6.45, 7) is 1.49. The maximum atomic E-state index is 11.9. The predicted molar refractivity (Wildman–Crippen MR) is 35.7 cm³/mol. The van der Waals surface area contributed by atoms with Gasteiger partial charge in [0.2, 0.25) is 5.78 Å². The number of Topliss-reactive ketones (excluding diaryl/α,β-unsaturated/α-hetero) is 2. The van der Waals surface area contributed by atoms with Crippen molar-refractivity contribution in [3.05, 3.63) is 0 Å². The molecule has 0 amide bonds. The van der Waals surface area contributed by atoms with Crippen LogP contribution in [-0.2, 0) is 9.59 Å². The molecular weight excluding hydrogens is 178 g/mol. The average molecular weight is 185 g/mol. The smallest absolute Gasteiger partial charge is 0.299 e. The van der Waals surface area contributed by atoms with E-state index in [0.29, 0.717) is 0 Å². The fourth-order valence-corrected chi connectivity index (χ4v) is 0.471. The predicted octanol–water partition coefficient (Wildman–Crippen LogP) is 1.76. The van der Waals surface area contributed by atoms with Crippen molar-refractivity contribution in [2.45, 2.75) is 25.1 Å². The summed E-state index contributed by atoms with van der Waals surface area (Å²) < 4.78 is 23.8. The van der Waals surface area contributed by atoms with Crippen LogP contribution in [0.25, 0.3) is 0 Å². The molecule has 0 spiro atoms. The SMILES string of the molecule is CCC(=O)CC(=O)C(F)(F)Cl. The van der Waals surface area contributed by atoms with Gasteiger partial charge in [-0.3, -0.25) is 9.59 Å². The van der Waals surface area contributed by atoms with Crippen LogP contribution in [-0.4, -0.2) is 16.9 Å². The van der Waals surface area contributed by atoms with Crippen LogP contribution >= 0.6 is 11.6 Å². The number of alkyl halides is 3. The first-order valence-corrected chi connectivity index (χ1v) is 3.37. The molecule has 0 aromatic rings. The van der Waals surface area contributed by atoms with Crippen LogP contribution in [0.15, 0.2) is 0 Å². The van der Waals surface area contributed by atoms with Gasteiger partial charge in [-0.1, -0.05) is 6.92 Å². The van der Waals surface area contributed by atoms with Crippen molar-refractivity contribution >= 4 is 23.2 Å². The van der Waals surface area contributed by atoms with Crippen LogP contribution in [0, 0.1) is 0 Å². The molecule has 5 heteroatoms. The number of ketones is 2. The van der Waals surface area contributed by atoms with Crippen molar-refractivity contribution in [3.63, 3.8) is 0 Å². The van der Waals surface area contributed by atoms with Crippen molar-refractivity contribution in [2.75, 3.05) is 0 Å². The summed E-state index contributed by atoms with van der Waals surface area (Å²) in [5.74, 6) is -2.07. The second-order valence-electron chi connectivity index (χ2n) is 1.99. The minimum absolute atomic E-state index is 0.0682. The number of carbonyl (C=O) groups is 2. The number of carbonyl (C=O) groups excluding carboxylic acids is 2. The van der Waals surface area contributed by atoms with Gasteiger partial charge in [0.05, 0.1) is 6.42 Å². The van der Waals surface area contributed by atoms with E-state index in [-0.39, 0.29) is 6.42 Å². The van der Waals surface area contributed by atoms with E-state index in [2.05, 4.69) is 11.6 Å². The highest BCUT2D eigenvalue weighted by atomic mass is 35.5. The second kappa shape index (κ2) is 3.76. The summed E-state index contributed by atoms with van der Waals surface area (Å²) >= 11 is 4.35. The first-order valence-electron chi connectivity index (χ1n) is 2.99. The van der Waals surface area contributed by atoms with Gasteiger partial charge in [0.25, 0.3) is 0 Å². The number of hydrogen-bond acceptors (Lipinski definition) is 2. The van der Waals surface area contributed by atoms with Gasteiger partial charge < -0.3 is 0 Å². The lowest BCUT2D eigenvalue weighted by atomic mass is 10.2. The zero-order valence-electron chi connectivity index (χ0n) is 5.86. The summed E-state index contributed by atoms with van der Waals surface area (Å²) in [4.78, 5) is 20.8. The lowest BCUT2D eigenvalue weighted by molar-refractivity contribution is -0.137. The third kappa shape index (κ3) is 4.03. The minimum Gasteiger partial charge on any atom is -0.299 e. The Labute approximate surface area is 67.5 Å². The van der Waals surface area contributed by atoms with E-state index in [1.54, 1.807) is 0 Å². The van der Waals surface area contributed by atoms with E-state index in [1.165, 1.54) is 6.92 Å². The summed E-state index contributed by atoms with van der Waals surface area (Å²) in [6.07, 6.45) is -0.717. The van der Waals surface area contributed by atoms with Gasteiger partial charge in [0.15, 0.2) is 0 Å². The summed E-state index contributed by atoms with van der Waals surface area (Å²) in [5, 5.41) is -3.90. The molecule has 0 aromatic carbocycles. The third-order valence-electron chi connectivity index (χ3n) is 1.07. The Morgan fingerprint density at radius 2 is 1.91 bits per heavy atom. The Hall–Kier alpha value is -0.510. The Bertz CT molecular complexity index is 174. The zero-order chi connectivity index (χ0) is 9.07. The summed E-state index contributed by atoms with van der Waals surface area (Å²) in [7, 11) is 0. The topological polar surface area (TPSA) is 34.1 Å². The minimum atomic E-state index is -3.90. The highest BCUT2D eigenvalue weighted by Gasteiger charge is 2.35. The fraction of sp³-hybridized carbons (Fsp3) is 0.667. The molecule has 0 aliphatic heterocycles. The zero-order valence-corrected chi connectivity index (χ0v) is 6.62. The Balaban J connectivity index is 3.99. The van der Waals surface area contributed by atoms with Crippen LogP contribution < -0.4 is 0 Å². The maximum absolute atomic E-state index is 11.9. The molecule has 0 heterocycles. The van der Waals surface area contributed by atoms with Gasteiger partial charge >= 0.3 is 5.38 Å². The molecule has 0 aromatic heterocycles. The number of halogens is 3. The normalized spacial score (nSPS) is 11.3. The molecular formula is C6H7ClF2O2. The molecule has 0 atom stereocenters. The quantitative estimate of drug-likeness (QED) is 0.493. The van der Waals surface area contributed by atoms with Gasteiger partial charge in [-0.25, -0.2) is 0 Å². The molecule has 0 bridgehead atoms. The standard InChI is InChI=1S/C6H7ClF2O2/c1-2-4(10)3-5(11)6(7,8)9/h2-3H2,1H3. The highest BCUT2D eigenvalue weighted by Crippen LogP contribution is 2.21. The highest BCUT2D eigenvalue weighted by molar-refractivity contribution is 6.33. The molecule has 0 radical (unpaired) electrons. The van der Waals surface area contributed by atoms with E-state index in [4.69, 9.17) is 0 Å². The van der Waals surface area contributed by atoms with Crippen molar-refractivity contribution in [1.29, 1.82) is 0 Å². The molecule has 0 aliphatic carbocycles. The number of rotatable bonds is 4. The monoisotopic (exact) mass is 184 g/mol. The molecule has 0 N–H and O–H groups in total. The van der Waals surface area contributed by atoms with Crippen LogP contribution in [0.3, 0.4) is 0 Å². The summed E-state index contributed by atoms with van der Waals surface area (Å²) in [5.41, 5.74) is 0. The molecule has 0 unspecified atom stereocenters. The van der Waals surface area contributed by atoms with Gasteiger partial charge in [0.1, 0.15) is 5.78 Å². The molecule has 0 aliphatic rings. The van der Waals surface area contributed by atoms with E-state index >= 15 is 0 Å². The van der Waals surface area contributed by atoms with E-state index < -0.39 is 23.4 Å². The molecule has 2 nitrogen and oxygen atoms in total. The number of hydrogen-bond donors (Lipinski definition) is 0. The van der Waals surface area contributed by atoms with Crippen LogP contribution in [0.1, 0.15) is 19.8 Å². The van der Waals surface area contributed by atoms with E-state index in [1.807, 2.05) is 0 Å². The Kier molecular flexibility index (Phi) is 3.58. The lowest BCUT2D eigenvalue weighted by Gasteiger charge is -2.03.